The van der Waals surface area contributed by atoms with Crippen LogP contribution in [0.5, 0.6) is 0 Å². The number of carbonyl (C=O) groups is 1. The third-order valence-corrected chi connectivity index (χ3v) is 2.38. The Bertz CT molecular complexity index is 839. The molecule has 1 amide bonds. The van der Waals surface area contributed by atoms with Gasteiger partial charge < -0.3 is 15.8 Å². The Balaban J connectivity index is 0.000000639. The highest BCUT2D eigenvalue weighted by atomic mass is 35.5. The number of nitrogens with one attached hydrogen (secondary N) is 1. The number of aromatic nitrogens is 4. The van der Waals surface area contributed by atoms with E-state index in [0.717, 1.165) is 0 Å². The monoisotopic (exact) mass is 388 g/mol. The van der Waals surface area contributed by atoms with Crippen molar-refractivity contribution in [3.63, 3.8) is 0 Å². The van der Waals surface area contributed by atoms with E-state index in [2.05, 4.69) is 25.3 Å². The van der Waals surface area contributed by atoms with E-state index in [1.807, 2.05) is 0 Å². The first kappa shape index (κ1) is 14.8. The minimum atomic E-state index is -2.23. The molecule has 0 saturated heterocycles. The highest BCUT2D eigenvalue weighted by Gasteiger charge is 2.15. The van der Waals surface area contributed by atoms with Gasteiger partial charge in [-0.2, -0.15) is 0 Å². The number of rotatable bonds is 3. The summed E-state index contributed by atoms with van der Waals surface area (Å²) in [6.45, 7) is 1.22. The van der Waals surface area contributed by atoms with Gasteiger partial charge in [0.2, 0.25) is 0 Å². The second kappa shape index (κ2) is 11.3. The second-order valence-corrected chi connectivity index (χ2v) is 5.84. The van der Waals surface area contributed by atoms with E-state index in [4.69, 9.17) is 18.7 Å². The molecule has 2 rings (SSSR count). The fraction of sp³-hybridized carbons (Fsp3) is 0.471. The third-order valence-electron chi connectivity index (χ3n) is 2.38. The summed E-state index contributed by atoms with van der Waals surface area (Å²) in [4.78, 5) is 26.7. The van der Waals surface area contributed by atoms with Crippen LogP contribution in [0.4, 0.5) is 4.79 Å². The second-order valence-electron chi connectivity index (χ2n) is 5.84. The van der Waals surface area contributed by atoms with Gasteiger partial charge in [0, 0.05) is 33.0 Å². The molecule has 8 nitrogen and oxygen atoms in total. The zero-order chi connectivity index (χ0) is 23.9. The molecule has 0 bridgehead atoms. The van der Waals surface area contributed by atoms with Crippen LogP contribution < -0.4 is 11.1 Å². The van der Waals surface area contributed by atoms with Crippen LogP contribution in [0.2, 0.25) is 0 Å². The smallest absolute Gasteiger partial charge is 0.408 e. The van der Waals surface area contributed by atoms with Crippen molar-refractivity contribution in [1.29, 1.82) is 0 Å². The molecule has 2 aromatic rings. The van der Waals surface area contributed by atoms with E-state index < -0.39 is 25.4 Å². The van der Waals surface area contributed by atoms with Crippen molar-refractivity contribution in [2.75, 3.05) is 0 Å². The zero-order valence-electron chi connectivity index (χ0n) is 20.8. The molecule has 0 spiro atoms. The number of nitrogens with zero attached hydrogens (tertiary/aromatic N) is 4. The molecule has 2 aromatic heterocycles. The highest BCUT2D eigenvalue weighted by Crippen LogP contribution is 2.06. The normalized spacial score (nSPS) is 14.5. The molecule has 0 atom stereocenters. The lowest BCUT2D eigenvalue weighted by Gasteiger charge is -2.19. The highest BCUT2D eigenvalue weighted by molar-refractivity contribution is 5.85. The number of carbonyl (C=O) groups excluding carboxylic acids is 1. The molecule has 0 aliphatic rings. The Hall–Kier alpha value is -2.32. The molecular formula is C17H27ClN6O2. The largest absolute Gasteiger partial charge is 0.444 e. The standard InChI is InChI=1S/C11H17N3O2.C6H9N3.ClH/c1-8-5-12-9(13-6-8)7-14-10(15)16-11(2,3)4;1-5-3-8-6(2-7)9-4-5;/h5-6H,7H2,1-4H3,(H,14,15);3-4H,2,7H2,1H3;1H/i2*1D3;. The fourth-order valence-corrected chi connectivity index (χ4v) is 1.37. The van der Waals surface area contributed by atoms with Crippen molar-refractivity contribution >= 4 is 18.5 Å². The van der Waals surface area contributed by atoms with Crippen molar-refractivity contribution in [1.82, 2.24) is 25.3 Å². The Kier molecular flexibility index (Phi) is 6.45. The number of amides is 1. The maximum absolute atomic E-state index is 11.4. The molecule has 0 aliphatic heterocycles. The van der Waals surface area contributed by atoms with Gasteiger partial charge in [0.15, 0.2) is 0 Å². The van der Waals surface area contributed by atoms with Gasteiger partial charge in [-0.15, -0.1) is 12.4 Å². The Morgan fingerprint density at radius 1 is 1.08 bits per heavy atom. The lowest BCUT2D eigenvalue weighted by molar-refractivity contribution is 0.0522. The first-order valence-electron chi connectivity index (χ1n) is 10.4. The molecule has 26 heavy (non-hydrogen) atoms. The van der Waals surface area contributed by atoms with E-state index in [0.29, 0.717) is 11.6 Å². The number of aryl methyl sites for hydroxylation is 2. The summed E-state index contributed by atoms with van der Waals surface area (Å²) in [5, 5.41) is 2.49. The topological polar surface area (TPSA) is 116 Å². The van der Waals surface area contributed by atoms with E-state index in [1.165, 1.54) is 24.8 Å². The number of hydrogen-bond donors (Lipinski definition) is 2. The molecule has 0 aliphatic carbocycles. The Morgan fingerprint density at radius 2 is 1.54 bits per heavy atom. The summed E-state index contributed by atoms with van der Waals surface area (Å²) < 4.78 is 47.6. The van der Waals surface area contributed by atoms with E-state index in [1.54, 1.807) is 20.8 Å². The van der Waals surface area contributed by atoms with Crippen LogP contribution in [0.15, 0.2) is 24.8 Å². The van der Waals surface area contributed by atoms with Gasteiger partial charge >= 0.3 is 6.09 Å². The van der Waals surface area contributed by atoms with Gasteiger partial charge in [0.25, 0.3) is 0 Å². The lowest BCUT2D eigenvalue weighted by atomic mass is 10.2. The third kappa shape index (κ3) is 10.5. The summed E-state index contributed by atoms with van der Waals surface area (Å²) in [7, 11) is 0. The summed E-state index contributed by atoms with van der Waals surface area (Å²) in [5.41, 5.74) is 4.87. The van der Waals surface area contributed by atoms with Gasteiger partial charge in [-0.1, -0.05) is 0 Å². The van der Waals surface area contributed by atoms with E-state index in [9.17, 15) is 4.79 Å². The van der Waals surface area contributed by atoms with Crippen molar-refractivity contribution in [3.05, 3.63) is 47.6 Å². The number of hydrogen-bond acceptors (Lipinski definition) is 7. The molecule has 0 fully saturated rings. The van der Waals surface area contributed by atoms with Crippen LogP contribution in [0.3, 0.4) is 0 Å². The van der Waals surface area contributed by atoms with Crippen LogP contribution in [-0.2, 0) is 17.8 Å². The first-order valence-corrected chi connectivity index (χ1v) is 7.41. The number of alkyl carbamates (subject to hydrolysis) is 1. The average Bonchev–Trinajstić information content (AvgIpc) is 2.64. The van der Waals surface area contributed by atoms with Gasteiger partial charge in [-0.25, -0.2) is 24.7 Å². The Labute approximate surface area is 168 Å². The molecule has 3 N–H and O–H groups in total. The van der Waals surface area contributed by atoms with Gasteiger partial charge in [0.05, 0.1) is 13.1 Å². The molecule has 144 valence electrons. The van der Waals surface area contributed by atoms with E-state index in [-0.39, 0.29) is 36.6 Å². The zero-order valence-corrected chi connectivity index (χ0v) is 15.6. The van der Waals surface area contributed by atoms with Crippen LogP contribution in [0, 0.1) is 13.7 Å². The summed E-state index contributed by atoms with van der Waals surface area (Å²) >= 11 is 0. The van der Waals surface area contributed by atoms with Crippen LogP contribution in [-0.4, -0.2) is 31.6 Å². The molecule has 0 unspecified atom stereocenters. The molecular weight excluding hydrogens is 356 g/mol. The molecule has 0 saturated carbocycles. The van der Waals surface area contributed by atoms with Gasteiger partial charge in [-0.3, -0.25) is 0 Å². The molecule has 2 heterocycles. The summed E-state index contributed by atoms with van der Waals surface area (Å²) in [5.74, 6) is 0.766. The molecule has 0 aromatic carbocycles. The quantitative estimate of drug-likeness (QED) is 0.829. The summed E-state index contributed by atoms with van der Waals surface area (Å²) in [6, 6.07) is 0. The Morgan fingerprint density at radius 3 is 1.92 bits per heavy atom. The first-order chi connectivity index (χ1) is 14.1. The van der Waals surface area contributed by atoms with Crippen molar-refractivity contribution in [2.45, 2.75) is 53.2 Å². The van der Waals surface area contributed by atoms with Gasteiger partial charge in [-0.05, 0) is 45.6 Å². The fourth-order valence-electron chi connectivity index (χ4n) is 1.37. The minimum absolute atomic E-state index is 0. The SMILES string of the molecule is Cl.[2H]C([2H])([2H])c1cnc(CN)nc1.[2H]C([2H])([2H])c1cnc(CNC(=O)OC(C)(C)C)nc1. The predicted octanol–water partition coefficient (Wildman–Crippen LogP) is 2.48. The number of ether oxygens (including phenoxy) is 1. The van der Waals surface area contributed by atoms with Crippen molar-refractivity contribution < 1.29 is 17.8 Å². The van der Waals surface area contributed by atoms with Crippen LogP contribution in [0.25, 0.3) is 0 Å². The lowest BCUT2D eigenvalue weighted by Crippen LogP contribution is -2.32. The van der Waals surface area contributed by atoms with Gasteiger partial charge in [0.1, 0.15) is 17.2 Å². The predicted molar refractivity (Wildman–Crippen MR) is 102 cm³/mol. The maximum atomic E-state index is 11.4. The maximum Gasteiger partial charge on any atom is 0.408 e. The number of nitrogens with two attached hydrogens (primary N) is 1. The molecule has 9 heteroatoms. The molecule has 0 radical (unpaired) electrons. The van der Waals surface area contributed by atoms with E-state index >= 15 is 0 Å². The van der Waals surface area contributed by atoms with Crippen molar-refractivity contribution in [2.24, 2.45) is 5.73 Å². The van der Waals surface area contributed by atoms with Crippen LogP contribution in [0.1, 0.15) is 51.8 Å². The van der Waals surface area contributed by atoms with Crippen molar-refractivity contribution in [3.8, 4) is 0 Å². The minimum Gasteiger partial charge on any atom is -0.444 e. The number of halogens is 1. The van der Waals surface area contributed by atoms with Crippen LogP contribution >= 0.6 is 12.4 Å². The summed E-state index contributed by atoms with van der Waals surface area (Å²) in [6.07, 6.45) is 4.44. The average molecular weight is 389 g/mol.